The van der Waals surface area contributed by atoms with E-state index < -0.39 is 23.6 Å². The fourth-order valence-corrected chi connectivity index (χ4v) is 1.08. The van der Waals surface area contributed by atoms with Crippen LogP contribution in [0.4, 0.5) is 23.2 Å². The van der Waals surface area contributed by atoms with Gasteiger partial charge in [-0.2, -0.15) is 0 Å². The van der Waals surface area contributed by atoms with Gasteiger partial charge in [-0.1, -0.05) is 0 Å². The van der Waals surface area contributed by atoms with E-state index in [2.05, 4.69) is 20.7 Å². The molecule has 0 aromatic heterocycles. The number of hydrogen-bond donors (Lipinski definition) is 1. The average molecular weight is 274 g/mol. The molecule has 0 unspecified atom stereocenters. The number of nitrogen functional groups attached to an aromatic ring is 1. The number of anilines is 1. The molecule has 0 saturated heterocycles. The van der Waals surface area contributed by atoms with Crippen molar-refractivity contribution in [2.45, 2.75) is 6.36 Å². The molecular formula is C7H4BrF4NO. The molecule has 0 amide bonds. The van der Waals surface area contributed by atoms with E-state index in [9.17, 15) is 17.6 Å². The maximum absolute atomic E-state index is 13.0. The molecule has 0 aliphatic carbocycles. The first-order valence-corrected chi connectivity index (χ1v) is 4.10. The van der Waals surface area contributed by atoms with Crippen molar-refractivity contribution in [3.8, 4) is 5.75 Å². The second-order valence-corrected chi connectivity index (χ2v) is 3.18. The molecule has 2 N–H and O–H groups in total. The number of alkyl halides is 3. The predicted molar refractivity (Wildman–Crippen MR) is 45.2 cm³/mol. The van der Waals surface area contributed by atoms with Crippen molar-refractivity contribution in [3.05, 3.63) is 22.4 Å². The Morgan fingerprint density at radius 3 is 2.36 bits per heavy atom. The lowest BCUT2D eigenvalue weighted by molar-refractivity contribution is -0.275. The van der Waals surface area contributed by atoms with E-state index in [0.29, 0.717) is 0 Å². The summed E-state index contributed by atoms with van der Waals surface area (Å²) in [5, 5.41) is 0. The minimum atomic E-state index is -4.96. The average Bonchev–Trinajstić information content (AvgIpc) is 2.04. The Balaban J connectivity index is 3.13. The number of hydrogen-bond acceptors (Lipinski definition) is 2. The van der Waals surface area contributed by atoms with Crippen LogP contribution < -0.4 is 10.5 Å². The van der Waals surface area contributed by atoms with Crippen molar-refractivity contribution < 1.29 is 22.3 Å². The lowest BCUT2D eigenvalue weighted by Crippen LogP contribution is -2.19. The van der Waals surface area contributed by atoms with E-state index in [4.69, 9.17) is 5.73 Å². The summed E-state index contributed by atoms with van der Waals surface area (Å²) in [6.07, 6.45) is -4.96. The van der Waals surface area contributed by atoms with E-state index in [1.54, 1.807) is 0 Å². The number of benzene rings is 1. The molecule has 0 aliphatic heterocycles. The molecule has 1 aromatic carbocycles. The van der Waals surface area contributed by atoms with Gasteiger partial charge in [0.1, 0.15) is 0 Å². The minimum absolute atomic E-state index is 0.147. The maximum atomic E-state index is 13.0. The lowest BCUT2D eigenvalue weighted by atomic mass is 10.3. The van der Waals surface area contributed by atoms with Gasteiger partial charge in [-0.15, -0.1) is 13.2 Å². The molecule has 0 spiro atoms. The minimum Gasteiger partial charge on any atom is -0.400 e. The normalized spacial score (nSPS) is 11.5. The topological polar surface area (TPSA) is 35.2 Å². The zero-order valence-corrected chi connectivity index (χ0v) is 8.12. The van der Waals surface area contributed by atoms with E-state index in [0.717, 1.165) is 6.07 Å². The standard InChI is InChI=1S/C7H4BrF4NO/c8-3-1-2-4(13)6(5(3)9)14-7(10,11)12/h1-2H,13H2. The van der Waals surface area contributed by atoms with Crippen molar-refractivity contribution in [2.75, 3.05) is 5.73 Å². The highest BCUT2D eigenvalue weighted by Crippen LogP contribution is 2.34. The van der Waals surface area contributed by atoms with Crippen LogP contribution in [0.2, 0.25) is 0 Å². The summed E-state index contributed by atoms with van der Waals surface area (Å²) in [5.41, 5.74) is 4.70. The number of ether oxygens (including phenoxy) is 1. The fourth-order valence-electron chi connectivity index (χ4n) is 0.766. The van der Waals surface area contributed by atoms with Gasteiger partial charge in [-0.05, 0) is 28.1 Å². The number of halogens is 5. The summed E-state index contributed by atoms with van der Waals surface area (Å²) in [4.78, 5) is 0. The third kappa shape index (κ3) is 2.50. The van der Waals surface area contributed by atoms with Gasteiger partial charge in [-0.25, -0.2) is 4.39 Å². The molecule has 2 nitrogen and oxygen atoms in total. The van der Waals surface area contributed by atoms with Crippen LogP contribution in [0.3, 0.4) is 0 Å². The molecule has 78 valence electrons. The van der Waals surface area contributed by atoms with Gasteiger partial charge in [0.15, 0.2) is 11.6 Å². The van der Waals surface area contributed by atoms with Gasteiger partial charge in [0, 0.05) is 0 Å². The molecule has 0 saturated carbocycles. The molecule has 0 bridgehead atoms. The Kier molecular flexibility index (Phi) is 2.89. The Bertz CT molecular complexity index is 352. The van der Waals surface area contributed by atoms with Crippen LogP contribution in [0.1, 0.15) is 0 Å². The molecule has 0 radical (unpaired) electrons. The van der Waals surface area contributed by atoms with Crippen LogP contribution in [-0.4, -0.2) is 6.36 Å². The molecule has 7 heteroatoms. The van der Waals surface area contributed by atoms with Crippen LogP contribution in [-0.2, 0) is 0 Å². The second-order valence-electron chi connectivity index (χ2n) is 2.33. The van der Waals surface area contributed by atoms with Crippen LogP contribution >= 0.6 is 15.9 Å². The monoisotopic (exact) mass is 273 g/mol. The van der Waals surface area contributed by atoms with Gasteiger partial charge in [-0.3, -0.25) is 0 Å². The summed E-state index contributed by atoms with van der Waals surface area (Å²) in [5.74, 6) is -2.20. The highest BCUT2D eigenvalue weighted by atomic mass is 79.9. The van der Waals surface area contributed by atoms with E-state index >= 15 is 0 Å². The molecule has 0 fully saturated rings. The first-order chi connectivity index (χ1) is 6.31. The van der Waals surface area contributed by atoms with Gasteiger partial charge in [0.05, 0.1) is 10.2 Å². The Labute approximate surface area is 84.8 Å². The van der Waals surface area contributed by atoms with Crippen LogP contribution in [0.25, 0.3) is 0 Å². The third-order valence-electron chi connectivity index (χ3n) is 1.30. The summed E-state index contributed by atoms with van der Waals surface area (Å²) < 4.78 is 51.6. The number of rotatable bonds is 1. The molecular weight excluding hydrogens is 270 g/mol. The van der Waals surface area contributed by atoms with Crippen LogP contribution in [0.5, 0.6) is 5.75 Å². The molecule has 1 aromatic rings. The Morgan fingerprint density at radius 2 is 1.86 bits per heavy atom. The first kappa shape index (κ1) is 11.1. The Morgan fingerprint density at radius 1 is 1.29 bits per heavy atom. The van der Waals surface area contributed by atoms with Crippen molar-refractivity contribution in [2.24, 2.45) is 0 Å². The zero-order chi connectivity index (χ0) is 10.9. The van der Waals surface area contributed by atoms with Crippen molar-refractivity contribution in [1.29, 1.82) is 0 Å². The zero-order valence-electron chi connectivity index (χ0n) is 6.53. The summed E-state index contributed by atoms with van der Waals surface area (Å²) in [7, 11) is 0. The van der Waals surface area contributed by atoms with Crippen molar-refractivity contribution in [3.63, 3.8) is 0 Å². The second kappa shape index (κ2) is 3.64. The first-order valence-electron chi connectivity index (χ1n) is 3.30. The maximum Gasteiger partial charge on any atom is 0.573 e. The van der Waals surface area contributed by atoms with E-state index in [1.807, 2.05) is 0 Å². The highest BCUT2D eigenvalue weighted by molar-refractivity contribution is 9.10. The smallest absolute Gasteiger partial charge is 0.400 e. The molecule has 0 aliphatic rings. The predicted octanol–water partition coefficient (Wildman–Crippen LogP) is 3.07. The largest absolute Gasteiger partial charge is 0.573 e. The SMILES string of the molecule is Nc1ccc(Br)c(F)c1OC(F)(F)F. The molecule has 0 heterocycles. The third-order valence-corrected chi connectivity index (χ3v) is 1.91. The van der Waals surface area contributed by atoms with Gasteiger partial charge >= 0.3 is 6.36 Å². The number of nitrogens with two attached hydrogens (primary N) is 1. The van der Waals surface area contributed by atoms with E-state index in [1.165, 1.54) is 6.07 Å². The van der Waals surface area contributed by atoms with Gasteiger partial charge in [0.2, 0.25) is 0 Å². The molecule has 1 rings (SSSR count). The van der Waals surface area contributed by atoms with Crippen LogP contribution in [0, 0.1) is 5.82 Å². The Hall–Kier alpha value is -0.980. The van der Waals surface area contributed by atoms with Crippen molar-refractivity contribution >= 4 is 21.6 Å². The van der Waals surface area contributed by atoms with Crippen LogP contribution in [0.15, 0.2) is 16.6 Å². The van der Waals surface area contributed by atoms with Crippen molar-refractivity contribution in [1.82, 2.24) is 0 Å². The van der Waals surface area contributed by atoms with Gasteiger partial charge < -0.3 is 10.5 Å². The highest BCUT2D eigenvalue weighted by Gasteiger charge is 2.33. The lowest BCUT2D eigenvalue weighted by Gasteiger charge is -2.12. The van der Waals surface area contributed by atoms with Gasteiger partial charge in [0.25, 0.3) is 0 Å². The summed E-state index contributed by atoms with van der Waals surface area (Å²) in [6.45, 7) is 0. The molecule has 0 atom stereocenters. The fraction of sp³-hybridized carbons (Fsp3) is 0.143. The van der Waals surface area contributed by atoms with E-state index in [-0.39, 0.29) is 4.47 Å². The summed E-state index contributed by atoms with van der Waals surface area (Å²) >= 11 is 2.71. The quantitative estimate of drug-likeness (QED) is 0.631. The summed E-state index contributed by atoms with van der Waals surface area (Å²) in [6, 6.07) is 2.29. The molecule has 14 heavy (non-hydrogen) atoms.